The largest absolute Gasteiger partial charge is 0.402 e. The highest BCUT2D eigenvalue weighted by Gasteiger charge is 2.44. The Morgan fingerprint density at radius 1 is 0.940 bits per heavy atom. The van der Waals surface area contributed by atoms with Crippen molar-refractivity contribution < 1.29 is 30.8 Å². The number of piperidine rings is 2. The zero-order valence-electron chi connectivity index (χ0n) is 27.9. The number of sulfonamides is 1. The second kappa shape index (κ2) is 13.4. The van der Waals surface area contributed by atoms with Crippen LogP contribution in [0.25, 0.3) is 11.0 Å². The summed E-state index contributed by atoms with van der Waals surface area (Å²) in [5.41, 5.74) is 2.74. The lowest BCUT2D eigenvalue weighted by atomic mass is 9.70. The molecular weight excluding hydrogens is 670 g/mol. The highest BCUT2D eigenvalue weighted by Crippen LogP contribution is 2.45. The van der Waals surface area contributed by atoms with Crippen molar-refractivity contribution in [3.05, 3.63) is 95.6 Å². The number of aromatic nitrogens is 2. The molecule has 2 bridgehead atoms. The number of imidazole rings is 1. The van der Waals surface area contributed by atoms with Crippen molar-refractivity contribution in [3.63, 3.8) is 0 Å². The van der Waals surface area contributed by atoms with Gasteiger partial charge in [-0.1, -0.05) is 42.5 Å². The molecule has 3 saturated heterocycles. The fourth-order valence-corrected chi connectivity index (χ4v) is 9.71. The van der Waals surface area contributed by atoms with Gasteiger partial charge in [-0.25, -0.2) is 22.5 Å². The number of nitrogens with zero attached hydrogens (tertiary/aromatic N) is 4. The van der Waals surface area contributed by atoms with E-state index in [0.717, 1.165) is 55.3 Å². The number of carbonyl (C=O) groups is 1. The third kappa shape index (κ3) is 6.79. The summed E-state index contributed by atoms with van der Waals surface area (Å²) < 4.78 is 81.9. The van der Waals surface area contributed by atoms with Crippen LogP contribution < -0.4 is 4.72 Å². The molecule has 50 heavy (non-hydrogen) atoms. The molecule has 4 heterocycles. The maximum Gasteiger partial charge on any atom is 0.402 e. The number of para-hydroxylation sites is 2. The number of alkyl halides is 3. The molecule has 13 heteroatoms. The molecule has 3 aromatic carbocycles. The Bertz CT molecular complexity index is 1960. The lowest BCUT2D eigenvalue weighted by molar-refractivity contribution is -0.121. The summed E-state index contributed by atoms with van der Waals surface area (Å²) in [6.45, 7) is 1.91. The lowest BCUT2D eigenvalue weighted by Gasteiger charge is -2.45. The van der Waals surface area contributed by atoms with E-state index in [1.165, 1.54) is 33.5 Å². The molecule has 0 aliphatic carbocycles. The van der Waals surface area contributed by atoms with Crippen LogP contribution in [0.4, 0.5) is 17.6 Å². The number of hydrogen-bond donors (Lipinski definition) is 1. The number of hydrogen-bond acceptors (Lipinski definition) is 5. The first-order valence-electron chi connectivity index (χ1n) is 17.2. The SMILES string of the molecule is Cc1nc2ccccc2n1C1C[C@H]2CC[C@@H](C1)N2CCC1(c2ccccc2)CCN(C(=O)c2cc(S(=O)(=O)NCC(F)(F)F)ccc2F)CC1. The lowest BCUT2D eigenvalue weighted by Crippen LogP contribution is -2.49. The molecular formula is C37H41F4N5O3S. The van der Waals surface area contributed by atoms with Crippen LogP contribution in [0.1, 0.15) is 72.7 Å². The summed E-state index contributed by atoms with van der Waals surface area (Å²) in [5, 5.41) is 0. The quantitative estimate of drug-likeness (QED) is 0.194. The van der Waals surface area contributed by atoms with Gasteiger partial charge in [-0.3, -0.25) is 9.69 Å². The summed E-state index contributed by atoms with van der Waals surface area (Å²) in [6, 6.07) is 22.5. The molecule has 7 rings (SSSR count). The standard InChI is InChI=1S/C37H41F4N5O3S/c1-25-43-33-9-5-6-10-34(33)46(25)29-21-27-11-12-28(22-29)45(27)20-17-36(26-7-3-2-4-8-26)15-18-44(19-16-36)35(47)31-23-30(13-14-32(31)38)50(48,49)42-24-37(39,40)41/h2-10,13-14,23,27-29,42H,11-12,15-22,24H2,1H3/t27-,28+,29?. The predicted molar refractivity (Wildman–Crippen MR) is 182 cm³/mol. The van der Waals surface area contributed by atoms with E-state index in [-0.39, 0.29) is 5.41 Å². The van der Waals surface area contributed by atoms with E-state index in [1.807, 2.05) is 24.3 Å². The van der Waals surface area contributed by atoms with Crippen LogP contribution in [-0.2, 0) is 15.4 Å². The average molecular weight is 712 g/mol. The number of amides is 1. The van der Waals surface area contributed by atoms with Crippen LogP contribution in [0.2, 0.25) is 0 Å². The van der Waals surface area contributed by atoms with Crippen LogP contribution in [0.5, 0.6) is 0 Å². The number of rotatable bonds is 9. The summed E-state index contributed by atoms with van der Waals surface area (Å²) >= 11 is 0. The molecule has 3 aliphatic rings. The maximum atomic E-state index is 14.9. The first-order valence-corrected chi connectivity index (χ1v) is 18.7. The van der Waals surface area contributed by atoms with Gasteiger partial charge in [0.25, 0.3) is 5.91 Å². The Morgan fingerprint density at radius 3 is 2.28 bits per heavy atom. The zero-order valence-corrected chi connectivity index (χ0v) is 28.7. The number of aryl methyl sites for hydroxylation is 1. The van der Waals surface area contributed by atoms with E-state index in [1.54, 1.807) is 0 Å². The normalized spacial score (nSPS) is 22.7. The fraction of sp³-hybridized carbons (Fsp3) is 0.459. The van der Waals surface area contributed by atoms with Crippen molar-refractivity contribution in [3.8, 4) is 0 Å². The first-order chi connectivity index (χ1) is 23.8. The van der Waals surface area contributed by atoms with Crippen LogP contribution in [0.3, 0.4) is 0 Å². The van der Waals surface area contributed by atoms with Gasteiger partial charge < -0.3 is 9.47 Å². The molecule has 1 aromatic heterocycles. The summed E-state index contributed by atoms with van der Waals surface area (Å²) in [4.78, 5) is 22.0. The number of nitrogens with one attached hydrogen (secondary N) is 1. The van der Waals surface area contributed by atoms with Crippen molar-refractivity contribution in [2.75, 3.05) is 26.2 Å². The molecule has 3 fully saturated rings. The van der Waals surface area contributed by atoms with Gasteiger partial charge in [0.15, 0.2) is 0 Å². The van der Waals surface area contributed by atoms with Crippen molar-refractivity contribution in [1.82, 2.24) is 24.1 Å². The van der Waals surface area contributed by atoms with Gasteiger partial charge in [0.2, 0.25) is 10.0 Å². The van der Waals surface area contributed by atoms with Gasteiger partial charge >= 0.3 is 6.18 Å². The Balaban J connectivity index is 1.05. The minimum Gasteiger partial charge on any atom is -0.338 e. The number of carbonyl (C=O) groups excluding carboxylic acids is 1. The van der Waals surface area contributed by atoms with Crippen molar-refractivity contribution in [1.29, 1.82) is 0 Å². The highest BCUT2D eigenvalue weighted by molar-refractivity contribution is 7.89. The fourth-order valence-electron chi connectivity index (χ4n) is 8.67. The third-order valence-corrected chi connectivity index (χ3v) is 12.6. The maximum absolute atomic E-state index is 14.9. The van der Waals surface area contributed by atoms with Crippen molar-refractivity contribution >= 4 is 27.0 Å². The minimum absolute atomic E-state index is 0.212. The molecule has 0 radical (unpaired) electrons. The summed E-state index contributed by atoms with van der Waals surface area (Å²) in [5.74, 6) is -0.554. The molecule has 1 amide bonds. The van der Waals surface area contributed by atoms with E-state index in [2.05, 4.69) is 46.7 Å². The number of fused-ring (bicyclic) bond motifs is 3. The Morgan fingerprint density at radius 2 is 1.60 bits per heavy atom. The second-order valence-corrected chi connectivity index (χ2v) is 15.8. The van der Waals surface area contributed by atoms with Crippen LogP contribution in [0, 0.1) is 12.7 Å². The summed E-state index contributed by atoms with van der Waals surface area (Å²) in [7, 11) is -4.62. The Labute approximate surface area is 289 Å². The van der Waals surface area contributed by atoms with Gasteiger partial charge in [-0.2, -0.15) is 13.2 Å². The van der Waals surface area contributed by atoms with E-state index in [4.69, 9.17) is 4.98 Å². The minimum atomic E-state index is -4.77. The predicted octanol–water partition coefficient (Wildman–Crippen LogP) is 6.76. The molecule has 1 N–H and O–H groups in total. The van der Waals surface area contributed by atoms with Gasteiger partial charge in [0.05, 0.1) is 21.5 Å². The molecule has 266 valence electrons. The van der Waals surface area contributed by atoms with Gasteiger partial charge in [-0.15, -0.1) is 0 Å². The van der Waals surface area contributed by atoms with Crippen molar-refractivity contribution in [2.45, 2.75) is 86.5 Å². The van der Waals surface area contributed by atoms with Crippen molar-refractivity contribution in [2.24, 2.45) is 0 Å². The molecule has 3 aliphatic heterocycles. The molecule has 3 atom stereocenters. The zero-order chi connectivity index (χ0) is 35.3. The first kappa shape index (κ1) is 34.6. The Hall–Kier alpha value is -3.81. The third-order valence-electron chi connectivity index (χ3n) is 11.2. The molecule has 0 spiro atoms. The number of benzene rings is 3. The Kier molecular flexibility index (Phi) is 9.27. The molecule has 8 nitrogen and oxygen atoms in total. The monoisotopic (exact) mass is 711 g/mol. The van der Waals surface area contributed by atoms with Crippen LogP contribution in [0.15, 0.2) is 77.7 Å². The molecule has 0 saturated carbocycles. The molecule has 4 aromatic rings. The number of halogens is 4. The highest BCUT2D eigenvalue weighted by atomic mass is 32.2. The van der Waals surface area contributed by atoms with E-state index < -0.39 is 44.9 Å². The topological polar surface area (TPSA) is 87.5 Å². The second-order valence-electron chi connectivity index (χ2n) is 14.0. The van der Waals surface area contributed by atoms with Gasteiger partial charge in [0, 0.05) is 31.2 Å². The number of likely N-dealkylation sites (tertiary alicyclic amines) is 1. The molecule has 1 unspecified atom stereocenters. The van der Waals surface area contributed by atoms with E-state index >= 15 is 0 Å². The van der Waals surface area contributed by atoms with Crippen LogP contribution in [-0.4, -0.2) is 78.1 Å². The van der Waals surface area contributed by atoms with Gasteiger partial charge in [-0.05, 0) is 99.7 Å². The van der Waals surface area contributed by atoms with Crippen LogP contribution >= 0.6 is 0 Å². The summed E-state index contributed by atoms with van der Waals surface area (Å²) in [6.07, 6.45) is 1.89. The average Bonchev–Trinajstić information content (AvgIpc) is 3.56. The van der Waals surface area contributed by atoms with E-state index in [9.17, 15) is 30.8 Å². The van der Waals surface area contributed by atoms with E-state index in [0.29, 0.717) is 44.1 Å². The smallest absolute Gasteiger partial charge is 0.338 e. The van der Waals surface area contributed by atoms with Gasteiger partial charge in [0.1, 0.15) is 18.2 Å².